The number of amides is 1. The predicted molar refractivity (Wildman–Crippen MR) is 59.0 cm³/mol. The summed E-state index contributed by atoms with van der Waals surface area (Å²) in [7, 11) is 0. The topological polar surface area (TPSA) is 73.6 Å². The van der Waals surface area contributed by atoms with Crippen LogP contribution in [0.25, 0.3) is 0 Å². The second-order valence-electron chi connectivity index (χ2n) is 4.64. The average molecular weight is 228 g/mol. The Kier molecular flexibility index (Phi) is 3.78. The third kappa shape index (κ3) is 2.72. The molecule has 1 amide bonds. The number of nitrogens with two attached hydrogens (primary N) is 1. The minimum Gasteiger partial charge on any atom is -0.376 e. The maximum absolute atomic E-state index is 11.9. The van der Waals surface area contributed by atoms with Crippen molar-refractivity contribution in [3.63, 3.8) is 0 Å². The Balaban J connectivity index is 1.74. The number of carbonyl (C=O) groups is 1. The number of ether oxygens (including phenoxy) is 2. The minimum atomic E-state index is -0.643. The SMILES string of the molecule is NC1(C(=O)NCC2COCCO2)CCCC1. The van der Waals surface area contributed by atoms with E-state index in [0.717, 1.165) is 25.7 Å². The van der Waals surface area contributed by atoms with E-state index >= 15 is 0 Å². The van der Waals surface area contributed by atoms with Gasteiger partial charge in [0.05, 0.1) is 31.5 Å². The fourth-order valence-electron chi connectivity index (χ4n) is 2.27. The van der Waals surface area contributed by atoms with Crippen molar-refractivity contribution in [1.82, 2.24) is 5.32 Å². The van der Waals surface area contributed by atoms with E-state index in [1.807, 2.05) is 0 Å². The molecule has 16 heavy (non-hydrogen) atoms. The van der Waals surface area contributed by atoms with Crippen molar-refractivity contribution < 1.29 is 14.3 Å². The second-order valence-corrected chi connectivity index (χ2v) is 4.64. The maximum Gasteiger partial charge on any atom is 0.240 e. The molecule has 1 heterocycles. The van der Waals surface area contributed by atoms with Crippen molar-refractivity contribution in [1.29, 1.82) is 0 Å². The standard InChI is InChI=1S/C11H20N2O3/c12-11(3-1-2-4-11)10(14)13-7-9-8-15-5-6-16-9/h9H,1-8,12H2,(H,13,14). The number of rotatable bonds is 3. The molecule has 0 spiro atoms. The molecule has 5 nitrogen and oxygen atoms in total. The van der Waals surface area contributed by atoms with Crippen molar-refractivity contribution >= 4 is 5.91 Å². The molecule has 0 bridgehead atoms. The number of nitrogens with one attached hydrogen (secondary N) is 1. The quantitative estimate of drug-likeness (QED) is 0.701. The summed E-state index contributed by atoms with van der Waals surface area (Å²) in [5.41, 5.74) is 5.39. The molecule has 5 heteroatoms. The van der Waals surface area contributed by atoms with Gasteiger partial charge in [-0.15, -0.1) is 0 Å². The van der Waals surface area contributed by atoms with Gasteiger partial charge >= 0.3 is 0 Å². The zero-order valence-corrected chi connectivity index (χ0v) is 9.54. The monoisotopic (exact) mass is 228 g/mol. The highest BCUT2D eigenvalue weighted by Gasteiger charge is 2.37. The van der Waals surface area contributed by atoms with E-state index in [4.69, 9.17) is 15.2 Å². The van der Waals surface area contributed by atoms with E-state index in [9.17, 15) is 4.79 Å². The van der Waals surface area contributed by atoms with Gasteiger partial charge in [0.15, 0.2) is 0 Å². The Morgan fingerprint density at radius 2 is 2.12 bits per heavy atom. The smallest absolute Gasteiger partial charge is 0.240 e. The number of carbonyl (C=O) groups excluding carboxylic acids is 1. The highest BCUT2D eigenvalue weighted by Crippen LogP contribution is 2.27. The average Bonchev–Trinajstić information content (AvgIpc) is 2.76. The Morgan fingerprint density at radius 1 is 1.38 bits per heavy atom. The van der Waals surface area contributed by atoms with Gasteiger partial charge < -0.3 is 20.5 Å². The van der Waals surface area contributed by atoms with Crippen molar-refractivity contribution in [2.75, 3.05) is 26.4 Å². The third-order valence-electron chi connectivity index (χ3n) is 3.32. The largest absolute Gasteiger partial charge is 0.376 e. The Hall–Kier alpha value is -0.650. The van der Waals surface area contributed by atoms with Crippen LogP contribution in [0, 0.1) is 0 Å². The van der Waals surface area contributed by atoms with Crippen LogP contribution in [0.2, 0.25) is 0 Å². The Bertz CT molecular complexity index is 246. The van der Waals surface area contributed by atoms with Crippen LogP contribution >= 0.6 is 0 Å². The van der Waals surface area contributed by atoms with Gasteiger partial charge in [0.1, 0.15) is 0 Å². The van der Waals surface area contributed by atoms with Gasteiger partial charge in [0.25, 0.3) is 0 Å². The van der Waals surface area contributed by atoms with Crippen molar-refractivity contribution in [3.05, 3.63) is 0 Å². The molecule has 2 fully saturated rings. The van der Waals surface area contributed by atoms with Crippen molar-refractivity contribution in [3.8, 4) is 0 Å². The molecule has 3 N–H and O–H groups in total. The summed E-state index contributed by atoms with van der Waals surface area (Å²) in [5, 5.41) is 2.87. The molecule has 1 saturated carbocycles. The van der Waals surface area contributed by atoms with Gasteiger partial charge in [-0.05, 0) is 12.8 Å². The highest BCUT2D eigenvalue weighted by atomic mass is 16.6. The molecule has 2 aliphatic rings. The molecule has 2 rings (SSSR count). The molecule has 1 saturated heterocycles. The molecule has 0 radical (unpaired) electrons. The molecule has 1 unspecified atom stereocenters. The van der Waals surface area contributed by atoms with Crippen molar-refractivity contribution in [2.24, 2.45) is 5.73 Å². The van der Waals surface area contributed by atoms with Gasteiger partial charge in [-0.3, -0.25) is 4.79 Å². The molecule has 1 aliphatic carbocycles. The van der Waals surface area contributed by atoms with Crippen LogP contribution in [0.5, 0.6) is 0 Å². The summed E-state index contributed by atoms with van der Waals surface area (Å²) < 4.78 is 10.7. The first-order valence-electron chi connectivity index (χ1n) is 5.97. The Morgan fingerprint density at radius 3 is 2.75 bits per heavy atom. The second kappa shape index (κ2) is 5.12. The Labute approximate surface area is 95.7 Å². The van der Waals surface area contributed by atoms with E-state index < -0.39 is 5.54 Å². The van der Waals surface area contributed by atoms with Crippen LogP contribution in [0.4, 0.5) is 0 Å². The lowest BCUT2D eigenvalue weighted by molar-refractivity contribution is -0.128. The van der Waals surface area contributed by atoms with Crippen LogP contribution in [-0.2, 0) is 14.3 Å². The summed E-state index contributed by atoms with van der Waals surface area (Å²) in [4.78, 5) is 11.9. The van der Waals surface area contributed by atoms with Gasteiger partial charge in [-0.2, -0.15) is 0 Å². The molecule has 0 aromatic carbocycles. The normalized spacial score (nSPS) is 28.9. The molecular formula is C11H20N2O3. The molecule has 1 atom stereocenters. The summed E-state index contributed by atoms with van der Waals surface area (Å²) >= 11 is 0. The van der Waals surface area contributed by atoms with Crippen LogP contribution in [0.1, 0.15) is 25.7 Å². The fraction of sp³-hybridized carbons (Fsp3) is 0.909. The summed E-state index contributed by atoms with van der Waals surface area (Å²) in [5.74, 6) is -0.0424. The van der Waals surface area contributed by atoms with E-state index in [1.54, 1.807) is 0 Å². The van der Waals surface area contributed by atoms with Gasteiger partial charge in [0.2, 0.25) is 5.91 Å². The minimum absolute atomic E-state index is 0.0253. The van der Waals surface area contributed by atoms with E-state index in [-0.39, 0.29) is 12.0 Å². The molecule has 1 aliphatic heterocycles. The van der Waals surface area contributed by atoms with E-state index in [2.05, 4.69) is 5.32 Å². The zero-order chi connectivity index (χ0) is 11.4. The summed E-state index contributed by atoms with van der Waals surface area (Å²) in [6.07, 6.45) is 3.66. The zero-order valence-electron chi connectivity index (χ0n) is 9.54. The van der Waals surface area contributed by atoms with Crippen LogP contribution in [-0.4, -0.2) is 43.9 Å². The first kappa shape index (κ1) is 11.8. The summed E-state index contributed by atoms with van der Waals surface area (Å²) in [6.45, 7) is 2.30. The van der Waals surface area contributed by atoms with Gasteiger partial charge in [-0.25, -0.2) is 0 Å². The lowest BCUT2D eigenvalue weighted by atomic mass is 9.98. The molecule has 92 valence electrons. The lowest BCUT2D eigenvalue weighted by Gasteiger charge is -2.26. The van der Waals surface area contributed by atoms with E-state index in [0.29, 0.717) is 26.4 Å². The third-order valence-corrected chi connectivity index (χ3v) is 3.32. The molecule has 0 aromatic heterocycles. The predicted octanol–water partition coefficient (Wildman–Crippen LogP) is -0.211. The number of hydrogen-bond donors (Lipinski definition) is 2. The first-order chi connectivity index (χ1) is 7.71. The van der Waals surface area contributed by atoms with Crippen LogP contribution in [0.15, 0.2) is 0 Å². The molecular weight excluding hydrogens is 208 g/mol. The van der Waals surface area contributed by atoms with Crippen LogP contribution in [0.3, 0.4) is 0 Å². The van der Waals surface area contributed by atoms with Crippen LogP contribution < -0.4 is 11.1 Å². The van der Waals surface area contributed by atoms with Gasteiger partial charge in [-0.1, -0.05) is 12.8 Å². The highest BCUT2D eigenvalue weighted by molar-refractivity contribution is 5.86. The van der Waals surface area contributed by atoms with Crippen molar-refractivity contribution in [2.45, 2.75) is 37.3 Å². The molecule has 0 aromatic rings. The number of hydrogen-bond acceptors (Lipinski definition) is 4. The lowest BCUT2D eigenvalue weighted by Crippen LogP contribution is -2.54. The first-order valence-corrected chi connectivity index (χ1v) is 5.97. The van der Waals surface area contributed by atoms with Gasteiger partial charge in [0, 0.05) is 6.54 Å². The fourth-order valence-corrected chi connectivity index (χ4v) is 2.27. The maximum atomic E-state index is 11.9. The summed E-state index contributed by atoms with van der Waals surface area (Å²) in [6, 6.07) is 0. The van der Waals surface area contributed by atoms with E-state index in [1.165, 1.54) is 0 Å².